The molecule has 1 fully saturated rings. The fourth-order valence-corrected chi connectivity index (χ4v) is 2.93. The molecule has 0 unspecified atom stereocenters. The van der Waals surface area contributed by atoms with Gasteiger partial charge in [0, 0.05) is 18.6 Å². The third-order valence-electron chi connectivity index (χ3n) is 4.20. The molecule has 0 aromatic heterocycles. The second-order valence-corrected chi connectivity index (χ2v) is 5.23. The SMILES string of the molecule is CCN(CCCF)C1(CN)CCC(C)CC1. The van der Waals surface area contributed by atoms with Crippen LogP contribution in [0.15, 0.2) is 0 Å². The van der Waals surface area contributed by atoms with Crippen LogP contribution in [0.5, 0.6) is 0 Å². The van der Waals surface area contributed by atoms with E-state index in [2.05, 4.69) is 18.7 Å². The fraction of sp³-hybridized carbons (Fsp3) is 1.00. The number of hydrogen-bond acceptors (Lipinski definition) is 2. The Hall–Kier alpha value is -0.150. The first kappa shape index (κ1) is 13.9. The number of hydrogen-bond donors (Lipinski definition) is 1. The Morgan fingerprint density at radius 1 is 1.38 bits per heavy atom. The molecule has 16 heavy (non-hydrogen) atoms. The van der Waals surface area contributed by atoms with Crippen LogP contribution in [-0.2, 0) is 0 Å². The van der Waals surface area contributed by atoms with Gasteiger partial charge < -0.3 is 5.73 Å². The maximum atomic E-state index is 12.3. The molecule has 0 spiro atoms. The highest BCUT2D eigenvalue weighted by atomic mass is 19.1. The van der Waals surface area contributed by atoms with E-state index in [1.165, 1.54) is 25.7 Å². The van der Waals surface area contributed by atoms with Gasteiger partial charge in [0.15, 0.2) is 0 Å². The van der Waals surface area contributed by atoms with Crippen molar-refractivity contribution in [2.24, 2.45) is 11.7 Å². The lowest BCUT2D eigenvalue weighted by atomic mass is 9.76. The summed E-state index contributed by atoms with van der Waals surface area (Å²) in [6, 6.07) is 0. The second kappa shape index (κ2) is 6.55. The summed E-state index contributed by atoms with van der Waals surface area (Å²) < 4.78 is 12.3. The topological polar surface area (TPSA) is 29.3 Å². The third-order valence-corrected chi connectivity index (χ3v) is 4.20. The van der Waals surface area contributed by atoms with Crippen LogP contribution in [0.3, 0.4) is 0 Å². The van der Waals surface area contributed by atoms with Gasteiger partial charge in [0.1, 0.15) is 0 Å². The minimum Gasteiger partial charge on any atom is -0.329 e. The van der Waals surface area contributed by atoms with Crippen LogP contribution >= 0.6 is 0 Å². The van der Waals surface area contributed by atoms with Crippen molar-refractivity contribution < 1.29 is 4.39 Å². The van der Waals surface area contributed by atoms with Crippen molar-refractivity contribution in [2.45, 2.75) is 51.5 Å². The van der Waals surface area contributed by atoms with E-state index in [0.717, 1.165) is 25.6 Å². The fourth-order valence-electron chi connectivity index (χ4n) is 2.93. The molecule has 1 saturated carbocycles. The first-order valence-corrected chi connectivity index (χ1v) is 6.69. The van der Waals surface area contributed by atoms with Gasteiger partial charge >= 0.3 is 0 Å². The molecule has 0 amide bonds. The van der Waals surface area contributed by atoms with Gasteiger partial charge in [0.2, 0.25) is 0 Å². The molecule has 0 aromatic rings. The van der Waals surface area contributed by atoms with E-state index in [-0.39, 0.29) is 12.2 Å². The van der Waals surface area contributed by atoms with E-state index in [9.17, 15) is 4.39 Å². The number of nitrogens with two attached hydrogens (primary N) is 1. The number of rotatable bonds is 6. The van der Waals surface area contributed by atoms with Crippen LogP contribution in [0.2, 0.25) is 0 Å². The minimum atomic E-state index is -0.215. The molecule has 0 aromatic carbocycles. The monoisotopic (exact) mass is 230 g/mol. The first-order valence-electron chi connectivity index (χ1n) is 6.69. The van der Waals surface area contributed by atoms with Gasteiger partial charge in [-0.15, -0.1) is 0 Å². The molecule has 2 nitrogen and oxygen atoms in total. The van der Waals surface area contributed by atoms with Crippen molar-refractivity contribution in [3.05, 3.63) is 0 Å². The van der Waals surface area contributed by atoms with Gasteiger partial charge in [0.25, 0.3) is 0 Å². The lowest BCUT2D eigenvalue weighted by Crippen LogP contribution is -2.55. The first-order chi connectivity index (χ1) is 7.68. The van der Waals surface area contributed by atoms with E-state index in [4.69, 9.17) is 5.73 Å². The summed E-state index contributed by atoms with van der Waals surface area (Å²) >= 11 is 0. The molecule has 0 aliphatic heterocycles. The number of alkyl halides is 1. The van der Waals surface area contributed by atoms with Gasteiger partial charge in [0.05, 0.1) is 6.67 Å². The predicted molar refractivity (Wildman–Crippen MR) is 67.3 cm³/mol. The lowest BCUT2D eigenvalue weighted by molar-refractivity contribution is 0.0466. The predicted octanol–water partition coefficient (Wildman–Crippen LogP) is 2.58. The Kier molecular flexibility index (Phi) is 5.70. The van der Waals surface area contributed by atoms with Crippen molar-refractivity contribution in [1.82, 2.24) is 4.90 Å². The summed E-state index contributed by atoms with van der Waals surface area (Å²) in [5.74, 6) is 0.833. The summed E-state index contributed by atoms with van der Waals surface area (Å²) in [7, 11) is 0. The Labute approximate surface area is 99.4 Å². The van der Waals surface area contributed by atoms with Gasteiger partial charge in [-0.3, -0.25) is 9.29 Å². The highest BCUT2D eigenvalue weighted by Crippen LogP contribution is 2.35. The molecular formula is C13H27FN2. The second-order valence-electron chi connectivity index (χ2n) is 5.23. The molecule has 2 N–H and O–H groups in total. The average Bonchev–Trinajstić information content (AvgIpc) is 2.32. The van der Waals surface area contributed by atoms with Crippen molar-refractivity contribution >= 4 is 0 Å². The summed E-state index contributed by atoms with van der Waals surface area (Å²) in [4.78, 5) is 2.42. The lowest BCUT2D eigenvalue weighted by Gasteiger charge is -2.47. The van der Waals surface area contributed by atoms with Crippen LogP contribution in [0.25, 0.3) is 0 Å². The van der Waals surface area contributed by atoms with Gasteiger partial charge in [-0.2, -0.15) is 0 Å². The smallest absolute Gasteiger partial charge is 0.0906 e. The molecule has 1 aliphatic rings. The molecule has 1 rings (SSSR count). The van der Waals surface area contributed by atoms with Crippen LogP contribution in [0, 0.1) is 5.92 Å². The van der Waals surface area contributed by atoms with Crippen LogP contribution in [0.1, 0.15) is 46.0 Å². The molecular weight excluding hydrogens is 203 g/mol. The van der Waals surface area contributed by atoms with Crippen molar-refractivity contribution in [2.75, 3.05) is 26.3 Å². The Morgan fingerprint density at radius 3 is 2.44 bits per heavy atom. The van der Waals surface area contributed by atoms with Crippen LogP contribution < -0.4 is 5.73 Å². The summed E-state index contributed by atoms with van der Waals surface area (Å²) in [5, 5.41) is 0. The number of nitrogens with zero attached hydrogens (tertiary/aromatic N) is 1. The molecule has 1 aliphatic carbocycles. The Morgan fingerprint density at radius 2 is 2.00 bits per heavy atom. The van der Waals surface area contributed by atoms with Crippen molar-refractivity contribution in [1.29, 1.82) is 0 Å². The maximum Gasteiger partial charge on any atom is 0.0906 e. The zero-order chi connectivity index (χ0) is 12.0. The molecule has 3 heteroatoms. The highest BCUT2D eigenvalue weighted by molar-refractivity contribution is 4.95. The molecule has 0 heterocycles. The normalized spacial score (nSPS) is 30.9. The Balaban J connectivity index is 2.61. The quantitative estimate of drug-likeness (QED) is 0.760. The van der Waals surface area contributed by atoms with E-state index in [1.807, 2.05) is 0 Å². The van der Waals surface area contributed by atoms with Crippen molar-refractivity contribution in [3.8, 4) is 0 Å². The van der Waals surface area contributed by atoms with Gasteiger partial charge in [-0.1, -0.05) is 13.8 Å². The zero-order valence-corrected chi connectivity index (χ0v) is 10.8. The van der Waals surface area contributed by atoms with E-state index < -0.39 is 0 Å². The maximum absolute atomic E-state index is 12.3. The van der Waals surface area contributed by atoms with E-state index >= 15 is 0 Å². The van der Waals surface area contributed by atoms with Gasteiger partial charge in [-0.25, -0.2) is 0 Å². The molecule has 0 saturated heterocycles. The largest absolute Gasteiger partial charge is 0.329 e. The van der Waals surface area contributed by atoms with E-state index in [1.54, 1.807) is 0 Å². The van der Waals surface area contributed by atoms with Gasteiger partial charge in [-0.05, 0) is 44.6 Å². The van der Waals surface area contributed by atoms with E-state index in [0.29, 0.717) is 6.42 Å². The molecule has 0 bridgehead atoms. The molecule has 0 atom stereocenters. The number of halogens is 1. The highest BCUT2D eigenvalue weighted by Gasteiger charge is 2.37. The summed E-state index contributed by atoms with van der Waals surface area (Å²) in [6.07, 6.45) is 5.55. The summed E-state index contributed by atoms with van der Waals surface area (Å²) in [5.41, 5.74) is 6.16. The summed E-state index contributed by atoms with van der Waals surface area (Å²) in [6.45, 7) is 6.84. The minimum absolute atomic E-state index is 0.163. The molecule has 0 radical (unpaired) electrons. The zero-order valence-electron chi connectivity index (χ0n) is 10.8. The van der Waals surface area contributed by atoms with Crippen LogP contribution in [-0.4, -0.2) is 36.7 Å². The number of likely N-dealkylation sites (N-methyl/N-ethyl adjacent to an activating group) is 1. The third kappa shape index (κ3) is 3.17. The Bertz CT molecular complexity index is 188. The standard InChI is InChI=1S/C13H27FN2/c1-3-16(10-4-9-14)13(11-15)7-5-12(2)6-8-13/h12H,3-11,15H2,1-2H3. The average molecular weight is 230 g/mol. The van der Waals surface area contributed by atoms with Crippen LogP contribution in [0.4, 0.5) is 4.39 Å². The van der Waals surface area contributed by atoms with Crippen molar-refractivity contribution in [3.63, 3.8) is 0 Å². The molecule has 96 valence electrons.